The van der Waals surface area contributed by atoms with E-state index in [1.54, 1.807) is 0 Å². The molecule has 8 heteroatoms. The van der Waals surface area contributed by atoms with Crippen LogP contribution < -0.4 is 4.90 Å². The highest BCUT2D eigenvalue weighted by Crippen LogP contribution is 2.39. The van der Waals surface area contributed by atoms with Gasteiger partial charge in [-0.15, -0.1) is 0 Å². The van der Waals surface area contributed by atoms with Crippen molar-refractivity contribution in [3.63, 3.8) is 0 Å². The summed E-state index contributed by atoms with van der Waals surface area (Å²) in [7, 11) is 0. The minimum absolute atomic E-state index is 0.134. The van der Waals surface area contributed by atoms with E-state index in [4.69, 9.17) is 0 Å². The summed E-state index contributed by atoms with van der Waals surface area (Å²) in [6.07, 6.45) is -4.24. The first-order valence-electron chi connectivity index (χ1n) is 5.54. The summed E-state index contributed by atoms with van der Waals surface area (Å²) < 4.78 is 64.9. The molecule has 106 valence electrons. The summed E-state index contributed by atoms with van der Waals surface area (Å²) in [5.41, 5.74) is -0.910. The van der Waals surface area contributed by atoms with Gasteiger partial charge in [-0.3, -0.25) is 0 Å². The zero-order valence-electron chi connectivity index (χ0n) is 9.65. The average molecular weight is 345 g/mol. The first kappa shape index (κ1) is 14.5. The molecule has 19 heavy (non-hydrogen) atoms. The van der Waals surface area contributed by atoms with E-state index >= 15 is 0 Å². The van der Waals surface area contributed by atoms with Gasteiger partial charge in [0.1, 0.15) is 5.82 Å². The van der Waals surface area contributed by atoms with Gasteiger partial charge in [-0.25, -0.2) is 13.8 Å². The van der Waals surface area contributed by atoms with Crippen LogP contribution in [0.2, 0.25) is 0 Å². The third-order valence-corrected chi connectivity index (χ3v) is 3.37. The van der Waals surface area contributed by atoms with Gasteiger partial charge in [-0.2, -0.15) is 13.2 Å². The van der Waals surface area contributed by atoms with E-state index < -0.39 is 30.5 Å². The van der Waals surface area contributed by atoms with E-state index in [-0.39, 0.29) is 23.4 Å². The number of hydrogen-bond donors (Lipinski definition) is 0. The Kier molecular flexibility index (Phi) is 3.72. The van der Waals surface area contributed by atoms with Crippen molar-refractivity contribution in [2.24, 2.45) is 0 Å². The van der Waals surface area contributed by atoms with E-state index in [1.165, 1.54) is 11.1 Å². The lowest BCUT2D eigenvalue weighted by atomic mass is 10.1. The second-order valence-corrected chi connectivity index (χ2v) is 5.28. The SMILES string of the molecule is FC1(F)CCN(c2ncc(Br)cc2C(F)(F)F)CC1. The fraction of sp³-hybridized carbons (Fsp3) is 0.545. The Morgan fingerprint density at radius 1 is 1.21 bits per heavy atom. The molecule has 0 amide bonds. The molecular formula is C11H10BrF5N2. The molecule has 0 aromatic carbocycles. The molecule has 2 rings (SSSR count). The first-order chi connectivity index (χ1) is 8.69. The Bertz CT molecular complexity index is 465. The van der Waals surface area contributed by atoms with Crippen LogP contribution in [0.15, 0.2) is 16.7 Å². The molecule has 2 heterocycles. The molecule has 1 aliphatic rings. The normalized spacial score (nSPS) is 19.6. The van der Waals surface area contributed by atoms with Crippen molar-refractivity contribution in [1.29, 1.82) is 0 Å². The fourth-order valence-electron chi connectivity index (χ4n) is 1.94. The highest BCUT2D eigenvalue weighted by Gasteiger charge is 2.39. The van der Waals surface area contributed by atoms with Gasteiger partial charge >= 0.3 is 6.18 Å². The summed E-state index contributed by atoms with van der Waals surface area (Å²) in [5, 5.41) is 0. The highest BCUT2D eigenvalue weighted by atomic mass is 79.9. The maximum absolute atomic E-state index is 13.0. The quantitative estimate of drug-likeness (QED) is 0.713. The molecule has 0 bridgehead atoms. The van der Waals surface area contributed by atoms with Crippen molar-refractivity contribution in [3.8, 4) is 0 Å². The zero-order chi connectivity index (χ0) is 14.3. The first-order valence-corrected chi connectivity index (χ1v) is 6.34. The van der Waals surface area contributed by atoms with Gasteiger partial charge in [0.05, 0.1) is 5.56 Å². The van der Waals surface area contributed by atoms with E-state index in [9.17, 15) is 22.0 Å². The average Bonchev–Trinajstić information content (AvgIpc) is 2.28. The number of aromatic nitrogens is 1. The topological polar surface area (TPSA) is 16.1 Å². The van der Waals surface area contributed by atoms with Crippen LogP contribution in [0.4, 0.5) is 27.8 Å². The minimum atomic E-state index is -4.56. The summed E-state index contributed by atoms with van der Waals surface area (Å²) in [6.45, 7) is -0.268. The number of nitrogens with zero attached hydrogens (tertiary/aromatic N) is 2. The molecule has 0 saturated carbocycles. The number of alkyl halides is 5. The van der Waals surface area contributed by atoms with Gasteiger partial charge in [0, 0.05) is 36.6 Å². The third kappa shape index (κ3) is 3.34. The molecule has 0 aliphatic carbocycles. The predicted octanol–water partition coefficient (Wildman–Crippen LogP) is 4.10. The van der Waals surface area contributed by atoms with Crippen LogP contribution in [-0.2, 0) is 6.18 Å². The molecule has 1 aliphatic heterocycles. The van der Waals surface area contributed by atoms with Crippen LogP contribution in [0.3, 0.4) is 0 Å². The van der Waals surface area contributed by atoms with Crippen molar-refractivity contribution in [2.75, 3.05) is 18.0 Å². The molecule has 0 N–H and O–H groups in total. The molecule has 0 spiro atoms. The van der Waals surface area contributed by atoms with Gasteiger partial charge in [0.15, 0.2) is 0 Å². The number of piperidine rings is 1. The second-order valence-electron chi connectivity index (χ2n) is 4.37. The molecule has 1 saturated heterocycles. The van der Waals surface area contributed by atoms with Crippen LogP contribution in [0.1, 0.15) is 18.4 Å². The van der Waals surface area contributed by atoms with Crippen molar-refractivity contribution in [2.45, 2.75) is 24.9 Å². The van der Waals surface area contributed by atoms with Crippen molar-refractivity contribution >= 4 is 21.7 Å². The Balaban J connectivity index is 2.30. The highest BCUT2D eigenvalue weighted by molar-refractivity contribution is 9.10. The van der Waals surface area contributed by atoms with Crippen LogP contribution in [0, 0.1) is 0 Å². The molecule has 0 radical (unpaired) electrons. The lowest BCUT2D eigenvalue weighted by molar-refractivity contribution is -0.137. The van der Waals surface area contributed by atoms with Crippen molar-refractivity contribution in [3.05, 3.63) is 22.3 Å². The Morgan fingerprint density at radius 2 is 1.79 bits per heavy atom. The molecule has 1 fully saturated rings. The Labute approximate surface area is 114 Å². The zero-order valence-corrected chi connectivity index (χ0v) is 11.2. The van der Waals surface area contributed by atoms with E-state index in [0.29, 0.717) is 0 Å². The summed E-state index contributed by atoms with van der Waals surface area (Å²) >= 11 is 2.93. The molecule has 0 unspecified atom stereocenters. The van der Waals surface area contributed by atoms with Gasteiger partial charge in [-0.1, -0.05) is 0 Å². The molecule has 2 nitrogen and oxygen atoms in total. The summed E-state index contributed by atoms with van der Waals surface area (Å²) in [5.74, 6) is -3.09. The van der Waals surface area contributed by atoms with Crippen molar-refractivity contribution < 1.29 is 22.0 Å². The number of halogens is 6. The maximum Gasteiger partial charge on any atom is 0.419 e. The van der Waals surface area contributed by atoms with Gasteiger partial charge < -0.3 is 4.90 Å². The monoisotopic (exact) mass is 344 g/mol. The Morgan fingerprint density at radius 3 is 2.32 bits per heavy atom. The van der Waals surface area contributed by atoms with E-state index in [2.05, 4.69) is 20.9 Å². The van der Waals surface area contributed by atoms with Gasteiger partial charge in [-0.05, 0) is 22.0 Å². The van der Waals surface area contributed by atoms with Crippen LogP contribution >= 0.6 is 15.9 Å². The van der Waals surface area contributed by atoms with E-state index in [1.807, 2.05) is 0 Å². The minimum Gasteiger partial charge on any atom is -0.356 e. The molecule has 0 atom stereocenters. The standard InChI is InChI=1S/C11H10BrF5N2/c12-7-5-8(11(15,16)17)9(18-6-7)19-3-1-10(13,14)2-4-19/h5-6H,1-4H2. The summed E-state index contributed by atoms with van der Waals surface area (Å²) in [4.78, 5) is 4.99. The third-order valence-electron chi connectivity index (χ3n) is 2.93. The largest absolute Gasteiger partial charge is 0.419 e. The number of pyridine rings is 1. The smallest absolute Gasteiger partial charge is 0.356 e. The van der Waals surface area contributed by atoms with Gasteiger partial charge in [0.2, 0.25) is 0 Å². The number of anilines is 1. The van der Waals surface area contributed by atoms with Crippen molar-refractivity contribution in [1.82, 2.24) is 4.98 Å². The molecular weight excluding hydrogens is 335 g/mol. The summed E-state index contributed by atoms with van der Waals surface area (Å²) in [6, 6.07) is 0.912. The van der Waals surface area contributed by atoms with Gasteiger partial charge in [0.25, 0.3) is 5.92 Å². The molecule has 1 aromatic rings. The predicted molar refractivity (Wildman–Crippen MR) is 63.3 cm³/mol. The maximum atomic E-state index is 13.0. The number of hydrogen-bond acceptors (Lipinski definition) is 2. The van der Waals surface area contributed by atoms with E-state index in [0.717, 1.165) is 6.07 Å². The lowest BCUT2D eigenvalue weighted by Gasteiger charge is -2.33. The number of rotatable bonds is 1. The second kappa shape index (κ2) is 4.88. The fourth-order valence-corrected chi connectivity index (χ4v) is 2.27. The molecule has 1 aromatic heterocycles. The Hall–Kier alpha value is -0.920. The lowest BCUT2D eigenvalue weighted by Crippen LogP contribution is -2.40. The van der Waals surface area contributed by atoms with Crippen LogP contribution in [0.25, 0.3) is 0 Å². The van der Waals surface area contributed by atoms with Crippen LogP contribution in [-0.4, -0.2) is 24.0 Å². The van der Waals surface area contributed by atoms with Crippen LogP contribution in [0.5, 0.6) is 0 Å².